The summed E-state index contributed by atoms with van der Waals surface area (Å²) in [4.78, 5) is 0. The van der Waals surface area contributed by atoms with E-state index in [1.54, 1.807) is 0 Å². The van der Waals surface area contributed by atoms with Crippen molar-refractivity contribution in [2.75, 3.05) is 0 Å². The highest BCUT2D eigenvalue weighted by Gasteiger charge is 2.44. The molecule has 3 aromatic heterocycles. The van der Waals surface area contributed by atoms with Crippen LogP contribution < -0.4 is 4.57 Å². The summed E-state index contributed by atoms with van der Waals surface area (Å²) in [7, 11) is 2.20. The van der Waals surface area contributed by atoms with E-state index >= 15 is 0 Å². The number of pyridine rings is 1. The average molecular weight is 352 g/mol. The molecule has 0 saturated carbocycles. The first-order valence-electron chi connectivity index (χ1n) is 9.54. The van der Waals surface area contributed by atoms with Gasteiger partial charge in [-0.3, -0.25) is 0 Å². The van der Waals surface area contributed by atoms with Gasteiger partial charge in [0.15, 0.2) is 11.0 Å². The lowest BCUT2D eigenvalue weighted by Gasteiger charge is -2.32. The van der Waals surface area contributed by atoms with Crippen molar-refractivity contribution in [2.24, 2.45) is 7.05 Å². The molecule has 27 heavy (non-hydrogen) atoms. The van der Waals surface area contributed by atoms with Crippen molar-refractivity contribution in [3.8, 4) is 11.4 Å². The highest BCUT2D eigenvalue weighted by atomic mass is 15.2. The third-order valence-corrected chi connectivity index (χ3v) is 6.42. The molecule has 6 rings (SSSR count). The molecule has 0 N–H and O–H groups in total. The van der Waals surface area contributed by atoms with Crippen LogP contribution in [0.1, 0.15) is 25.0 Å². The van der Waals surface area contributed by atoms with Gasteiger partial charge >= 0.3 is 0 Å². The zero-order chi connectivity index (χ0) is 18.5. The molecule has 0 amide bonds. The molecule has 0 radical (unpaired) electrons. The minimum absolute atomic E-state index is 0.157. The van der Waals surface area contributed by atoms with E-state index in [9.17, 15) is 0 Å². The summed E-state index contributed by atoms with van der Waals surface area (Å²) in [6, 6.07) is 17.7. The zero-order valence-corrected chi connectivity index (χ0v) is 16.1. The van der Waals surface area contributed by atoms with E-state index in [1.807, 2.05) is 0 Å². The minimum Gasteiger partial charge on any atom is -0.323 e. The topological polar surface area (TPSA) is 13.2 Å². The summed E-state index contributed by atoms with van der Waals surface area (Å²) < 4.78 is 7.18. The highest BCUT2D eigenvalue weighted by molar-refractivity contribution is 6.04. The van der Waals surface area contributed by atoms with Crippen LogP contribution >= 0.6 is 0 Å². The predicted molar refractivity (Wildman–Crippen MR) is 110 cm³/mol. The van der Waals surface area contributed by atoms with Crippen molar-refractivity contribution < 1.29 is 4.57 Å². The Morgan fingerprint density at radius 2 is 1.70 bits per heavy atom. The molecule has 4 heterocycles. The largest absolute Gasteiger partial charge is 0.323 e. The van der Waals surface area contributed by atoms with E-state index in [2.05, 4.69) is 102 Å². The number of aromatic nitrogens is 3. The van der Waals surface area contributed by atoms with Gasteiger partial charge in [0, 0.05) is 23.3 Å². The van der Waals surface area contributed by atoms with Crippen LogP contribution in [-0.2, 0) is 12.6 Å². The van der Waals surface area contributed by atoms with E-state index in [0.717, 1.165) is 0 Å². The molecular weight excluding hydrogens is 330 g/mol. The fourth-order valence-corrected chi connectivity index (χ4v) is 5.28. The van der Waals surface area contributed by atoms with Crippen LogP contribution in [0.2, 0.25) is 0 Å². The maximum absolute atomic E-state index is 2.54. The molecule has 0 aliphatic carbocycles. The number of imidazole rings is 1. The summed E-state index contributed by atoms with van der Waals surface area (Å²) in [5.74, 6) is 1.30. The van der Waals surface area contributed by atoms with Crippen molar-refractivity contribution in [3.63, 3.8) is 0 Å². The van der Waals surface area contributed by atoms with Gasteiger partial charge in [-0.15, -0.1) is 0 Å². The molecule has 0 fully saturated rings. The molecule has 0 atom stereocenters. The second-order valence-corrected chi connectivity index (χ2v) is 8.29. The lowest BCUT2D eigenvalue weighted by atomic mass is 9.82. The summed E-state index contributed by atoms with van der Waals surface area (Å²) in [6.07, 6.45) is 4.43. The SMILES string of the molecule is Cc1ccc2cn3cccc3c3c2c1-c1n(c2ccccc2[n+]1C)C3(C)C. The standard InChI is InChI=1S/C24H22N3/c1-15-11-12-16-14-26-13-7-10-19(26)22-21(16)20(15)23-25(4)17-8-5-6-9-18(17)27(23)24(22,2)3/h5-14H,1-4H3/q+1. The first kappa shape index (κ1) is 15.0. The Balaban J connectivity index is 1.99. The smallest absolute Gasteiger partial charge is 0.291 e. The number of rotatable bonds is 0. The van der Waals surface area contributed by atoms with Crippen molar-refractivity contribution in [2.45, 2.75) is 26.3 Å². The van der Waals surface area contributed by atoms with Gasteiger partial charge < -0.3 is 4.40 Å². The third-order valence-electron chi connectivity index (χ3n) is 6.42. The predicted octanol–water partition coefficient (Wildman–Crippen LogP) is 4.94. The maximum atomic E-state index is 2.54. The summed E-state index contributed by atoms with van der Waals surface area (Å²) >= 11 is 0. The van der Waals surface area contributed by atoms with Crippen LogP contribution in [-0.4, -0.2) is 8.97 Å². The Kier molecular flexibility index (Phi) is 2.56. The van der Waals surface area contributed by atoms with E-state index in [0.29, 0.717) is 0 Å². The van der Waals surface area contributed by atoms with Gasteiger partial charge in [0.05, 0.1) is 18.1 Å². The minimum atomic E-state index is -0.157. The summed E-state index contributed by atoms with van der Waals surface area (Å²) in [6.45, 7) is 6.95. The van der Waals surface area contributed by atoms with Crippen molar-refractivity contribution >= 4 is 27.3 Å². The zero-order valence-electron chi connectivity index (χ0n) is 16.1. The number of para-hydroxylation sites is 2. The molecule has 132 valence electrons. The van der Waals surface area contributed by atoms with Crippen LogP contribution in [0.15, 0.2) is 60.9 Å². The second-order valence-electron chi connectivity index (χ2n) is 8.29. The Labute approximate surface area is 158 Å². The van der Waals surface area contributed by atoms with Gasteiger partial charge in [0.25, 0.3) is 5.82 Å². The molecule has 1 aliphatic heterocycles. The molecular formula is C24H22N3+. The molecule has 0 unspecified atom stereocenters. The van der Waals surface area contributed by atoms with E-state index < -0.39 is 0 Å². The normalized spacial score (nSPS) is 15.0. The van der Waals surface area contributed by atoms with Crippen LogP contribution in [0.5, 0.6) is 0 Å². The van der Waals surface area contributed by atoms with Gasteiger partial charge in [0.1, 0.15) is 5.54 Å². The van der Waals surface area contributed by atoms with Crippen LogP contribution in [0.3, 0.4) is 0 Å². The molecule has 3 nitrogen and oxygen atoms in total. The monoisotopic (exact) mass is 352 g/mol. The summed E-state index contributed by atoms with van der Waals surface area (Å²) in [5, 5.41) is 2.70. The fourth-order valence-electron chi connectivity index (χ4n) is 5.28. The fraction of sp³-hybridized carbons (Fsp3) is 0.208. The van der Waals surface area contributed by atoms with Crippen molar-refractivity contribution in [1.82, 2.24) is 8.97 Å². The number of nitrogens with zero attached hydrogens (tertiary/aromatic N) is 3. The Bertz CT molecular complexity index is 1410. The van der Waals surface area contributed by atoms with Gasteiger partial charge in [-0.05, 0) is 56.0 Å². The second kappa shape index (κ2) is 4.61. The Hall–Kier alpha value is -3.07. The first-order chi connectivity index (χ1) is 13.0. The van der Waals surface area contributed by atoms with E-state index in [1.165, 1.54) is 49.8 Å². The number of hydrogen-bond acceptors (Lipinski definition) is 0. The van der Waals surface area contributed by atoms with Gasteiger partial charge in [-0.25, -0.2) is 9.13 Å². The lowest BCUT2D eigenvalue weighted by molar-refractivity contribution is -0.634. The van der Waals surface area contributed by atoms with Crippen LogP contribution in [0, 0.1) is 6.92 Å². The third kappa shape index (κ3) is 1.61. The Morgan fingerprint density at radius 1 is 0.926 bits per heavy atom. The van der Waals surface area contributed by atoms with Gasteiger partial charge in [-0.1, -0.05) is 24.3 Å². The van der Waals surface area contributed by atoms with Crippen molar-refractivity contribution in [1.29, 1.82) is 0 Å². The lowest BCUT2D eigenvalue weighted by Crippen LogP contribution is -2.38. The molecule has 0 bridgehead atoms. The molecule has 5 aromatic rings. The molecule has 1 aliphatic rings. The molecule has 2 aromatic carbocycles. The van der Waals surface area contributed by atoms with Gasteiger partial charge in [-0.2, -0.15) is 0 Å². The molecule has 0 saturated heterocycles. The Morgan fingerprint density at radius 3 is 2.56 bits per heavy atom. The van der Waals surface area contributed by atoms with E-state index in [-0.39, 0.29) is 5.54 Å². The van der Waals surface area contributed by atoms with Crippen LogP contribution in [0.4, 0.5) is 0 Å². The average Bonchev–Trinajstić information content (AvgIpc) is 3.23. The maximum Gasteiger partial charge on any atom is 0.291 e. The van der Waals surface area contributed by atoms with Gasteiger partial charge in [0.2, 0.25) is 0 Å². The van der Waals surface area contributed by atoms with Crippen LogP contribution in [0.25, 0.3) is 38.7 Å². The number of benzene rings is 2. The highest BCUT2D eigenvalue weighted by Crippen LogP contribution is 2.47. The van der Waals surface area contributed by atoms with Crippen molar-refractivity contribution in [3.05, 3.63) is 72.1 Å². The van der Waals surface area contributed by atoms with E-state index in [4.69, 9.17) is 0 Å². The number of hydrogen-bond donors (Lipinski definition) is 0. The first-order valence-corrected chi connectivity index (χ1v) is 9.54. The quantitative estimate of drug-likeness (QED) is 0.350. The number of fused-ring (bicyclic) bond motifs is 6. The number of aryl methyl sites for hydroxylation is 2. The molecule has 0 spiro atoms. The summed E-state index contributed by atoms with van der Waals surface area (Å²) in [5.41, 5.74) is 7.81. The molecule has 3 heteroatoms.